The quantitative estimate of drug-likeness (QED) is 0.424. The first-order valence-electron chi connectivity index (χ1n) is 14.2. The van der Waals surface area contributed by atoms with Crippen LogP contribution in [-0.2, 0) is 6.54 Å². The first-order valence-corrected chi connectivity index (χ1v) is 14.2. The normalized spacial score (nSPS) is 28.5. The van der Waals surface area contributed by atoms with Crippen molar-refractivity contribution >= 4 is 11.3 Å². The fraction of sp³-hybridized carbons (Fsp3) is 0.586. The van der Waals surface area contributed by atoms with Crippen molar-refractivity contribution in [3.8, 4) is 16.9 Å². The molecule has 7 heterocycles. The monoisotopic (exact) mass is 517 g/mol. The van der Waals surface area contributed by atoms with E-state index < -0.39 is 5.60 Å². The highest BCUT2D eigenvalue weighted by molar-refractivity contribution is 5.83. The number of β-amino-alcohol motifs (C(OH)–C–C–N with tert-alkyl or cyclic N) is 1. The van der Waals surface area contributed by atoms with Crippen molar-refractivity contribution in [2.75, 3.05) is 57.8 Å². The number of piperidine rings is 2. The zero-order valence-electron chi connectivity index (χ0n) is 22.5. The number of ether oxygens (including phenoxy) is 1. The highest BCUT2D eigenvalue weighted by Crippen LogP contribution is 2.49. The van der Waals surface area contributed by atoms with Crippen molar-refractivity contribution in [1.29, 1.82) is 0 Å². The molecule has 0 spiro atoms. The van der Waals surface area contributed by atoms with E-state index in [1.807, 2.05) is 30.2 Å². The summed E-state index contributed by atoms with van der Waals surface area (Å²) in [6.07, 6.45) is 9.42. The maximum Gasteiger partial charge on any atom is 0.138 e. The molecule has 4 unspecified atom stereocenters. The van der Waals surface area contributed by atoms with E-state index in [0.717, 1.165) is 79.5 Å². The summed E-state index contributed by atoms with van der Waals surface area (Å²) < 4.78 is 8.15. The fourth-order valence-corrected chi connectivity index (χ4v) is 7.03. The number of nitrogens with one attached hydrogen (secondary N) is 1. The summed E-state index contributed by atoms with van der Waals surface area (Å²) in [7, 11) is 1.96. The third-order valence-electron chi connectivity index (χ3n) is 9.09. The zero-order valence-corrected chi connectivity index (χ0v) is 22.5. The first-order chi connectivity index (χ1) is 18.5. The molecule has 1 aliphatic carbocycles. The predicted molar refractivity (Wildman–Crippen MR) is 148 cm³/mol. The minimum Gasteiger partial charge on any atom is -0.491 e. The van der Waals surface area contributed by atoms with Gasteiger partial charge in [0, 0.05) is 80.2 Å². The van der Waals surface area contributed by atoms with Crippen LogP contribution in [0.15, 0.2) is 36.8 Å². The molecule has 5 aliphatic rings. The molecule has 1 saturated carbocycles. The largest absolute Gasteiger partial charge is 0.491 e. The number of hydrogen-bond acceptors (Lipinski definition) is 8. The van der Waals surface area contributed by atoms with Crippen LogP contribution in [0.25, 0.3) is 16.6 Å². The molecule has 9 heteroatoms. The second-order valence-corrected chi connectivity index (χ2v) is 11.8. The fourth-order valence-electron chi connectivity index (χ4n) is 7.03. The van der Waals surface area contributed by atoms with Gasteiger partial charge < -0.3 is 20.1 Å². The second-order valence-electron chi connectivity index (χ2n) is 11.8. The molecular formula is C29H39N7O2. The number of hydrogen-bond donors (Lipinski definition) is 2. The van der Waals surface area contributed by atoms with Crippen LogP contribution in [0.1, 0.15) is 31.7 Å². The van der Waals surface area contributed by atoms with E-state index in [1.165, 1.54) is 19.4 Å². The van der Waals surface area contributed by atoms with Gasteiger partial charge in [0.1, 0.15) is 18.2 Å². The van der Waals surface area contributed by atoms with Gasteiger partial charge >= 0.3 is 0 Å². The molecule has 0 aromatic carbocycles. The number of likely N-dealkylation sites (tertiary alicyclic amines) is 1. The average molecular weight is 518 g/mol. The maximum atomic E-state index is 10.3. The Morgan fingerprint density at radius 2 is 2.03 bits per heavy atom. The van der Waals surface area contributed by atoms with Gasteiger partial charge in [-0.3, -0.25) is 9.80 Å². The molecule has 2 N–H and O–H groups in total. The van der Waals surface area contributed by atoms with Gasteiger partial charge in [-0.2, -0.15) is 5.10 Å². The minimum absolute atomic E-state index is 0.423. The van der Waals surface area contributed by atoms with Crippen LogP contribution in [0.4, 0.5) is 5.82 Å². The van der Waals surface area contributed by atoms with Crippen molar-refractivity contribution in [3.63, 3.8) is 0 Å². The number of aromatic nitrogens is 3. The topological polar surface area (TPSA) is 81.4 Å². The number of piperazine rings is 1. The zero-order chi connectivity index (χ0) is 25.9. The number of fused-ring (bicyclic) bond motifs is 4. The molecule has 3 aromatic rings. The number of anilines is 1. The van der Waals surface area contributed by atoms with Crippen molar-refractivity contribution < 1.29 is 9.84 Å². The van der Waals surface area contributed by atoms with E-state index in [4.69, 9.17) is 9.72 Å². The Hall–Kier alpha value is -2.72. The first kappa shape index (κ1) is 24.3. The lowest BCUT2D eigenvalue weighted by molar-refractivity contribution is -0.000558. The molecule has 38 heavy (non-hydrogen) atoms. The van der Waals surface area contributed by atoms with Crippen LogP contribution in [0.3, 0.4) is 0 Å². The van der Waals surface area contributed by atoms with Crippen LogP contribution in [-0.4, -0.2) is 100 Å². The minimum atomic E-state index is -0.423. The van der Waals surface area contributed by atoms with Crippen LogP contribution >= 0.6 is 0 Å². The lowest BCUT2D eigenvalue weighted by Gasteiger charge is -2.56. The van der Waals surface area contributed by atoms with Crippen molar-refractivity contribution in [2.24, 2.45) is 5.92 Å². The van der Waals surface area contributed by atoms with Gasteiger partial charge in [-0.1, -0.05) is 6.92 Å². The second kappa shape index (κ2) is 9.48. The smallest absolute Gasteiger partial charge is 0.138 e. The highest BCUT2D eigenvalue weighted by atomic mass is 16.5. The van der Waals surface area contributed by atoms with Gasteiger partial charge in [0.25, 0.3) is 0 Å². The van der Waals surface area contributed by atoms with E-state index in [1.54, 1.807) is 0 Å². The summed E-state index contributed by atoms with van der Waals surface area (Å²) in [6, 6.07) is 7.84. The van der Waals surface area contributed by atoms with Crippen molar-refractivity contribution in [2.45, 2.75) is 50.4 Å². The summed E-state index contributed by atoms with van der Waals surface area (Å²) in [5.41, 5.74) is 3.95. The lowest BCUT2D eigenvalue weighted by atomic mass is 9.87. The Balaban J connectivity index is 1.10. The van der Waals surface area contributed by atoms with Gasteiger partial charge in [-0.25, -0.2) is 9.50 Å². The van der Waals surface area contributed by atoms with Crippen LogP contribution in [0, 0.1) is 5.92 Å². The average Bonchev–Trinajstić information content (AvgIpc) is 3.22. The lowest BCUT2D eigenvalue weighted by Crippen LogP contribution is -2.68. The molecule has 202 valence electrons. The molecule has 4 aliphatic heterocycles. The molecule has 8 rings (SSSR count). The summed E-state index contributed by atoms with van der Waals surface area (Å²) in [6.45, 7) is 9.52. The van der Waals surface area contributed by atoms with Gasteiger partial charge in [0.2, 0.25) is 0 Å². The van der Waals surface area contributed by atoms with Crippen molar-refractivity contribution in [1.82, 2.24) is 29.7 Å². The molecule has 9 nitrogen and oxygen atoms in total. The maximum absolute atomic E-state index is 10.3. The molecule has 4 atom stereocenters. The van der Waals surface area contributed by atoms with Gasteiger partial charge in [-0.05, 0) is 51.1 Å². The SMILES string of the molecule is CCCN1C2CC1CN(c1ccc(-c3cc(OCCN4CC5CC5(O)C4)cn4ncc(CNC)c34)cn1)C2. The van der Waals surface area contributed by atoms with Crippen LogP contribution < -0.4 is 15.0 Å². The number of pyridine rings is 2. The Morgan fingerprint density at radius 3 is 2.74 bits per heavy atom. The molecular weight excluding hydrogens is 478 g/mol. The standard InChI is InChI=1S/C29H39N7O2/c1-3-6-35-23-9-24(35)17-34(16-23)27-5-4-20(13-31-27)26-10-25(18-36-28(26)21(12-30-2)14-32-36)38-8-7-33-15-22-11-29(22,37)19-33/h4-5,10,13-14,18,22-24,30,37H,3,6-9,11-12,15-17,19H2,1-2H3. The molecule has 4 saturated heterocycles. The Kier molecular flexibility index (Phi) is 6.07. The van der Waals surface area contributed by atoms with Crippen LogP contribution in [0.2, 0.25) is 0 Å². The molecule has 3 aromatic heterocycles. The molecule has 0 amide bonds. The Morgan fingerprint density at radius 1 is 1.16 bits per heavy atom. The van der Waals surface area contributed by atoms with Gasteiger partial charge in [-0.15, -0.1) is 0 Å². The molecule has 5 fully saturated rings. The van der Waals surface area contributed by atoms with Gasteiger partial charge in [0.05, 0.1) is 23.5 Å². The molecule has 2 bridgehead atoms. The summed E-state index contributed by atoms with van der Waals surface area (Å²) in [4.78, 5) is 12.4. The van der Waals surface area contributed by atoms with E-state index in [-0.39, 0.29) is 0 Å². The number of aliphatic hydroxyl groups is 1. The summed E-state index contributed by atoms with van der Waals surface area (Å²) >= 11 is 0. The highest BCUT2D eigenvalue weighted by Gasteiger charge is 2.58. The van der Waals surface area contributed by atoms with E-state index in [9.17, 15) is 5.11 Å². The number of nitrogens with zero attached hydrogens (tertiary/aromatic N) is 6. The number of rotatable bonds is 10. The summed E-state index contributed by atoms with van der Waals surface area (Å²) in [5.74, 6) is 2.32. The van der Waals surface area contributed by atoms with E-state index >= 15 is 0 Å². The van der Waals surface area contributed by atoms with E-state index in [0.29, 0.717) is 24.6 Å². The Bertz CT molecular complexity index is 1300. The molecule has 0 radical (unpaired) electrons. The van der Waals surface area contributed by atoms with Gasteiger partial charge in [0.15, 0.2) is 0 Å². The van der Waals surface area contributed by atoms with Crippen LogP contribution in [0.5, 0.6) is 5.75 Å². The van der Waals surface area contributed by atoms with E-state index in [2.05, 4.69) is 50.2 Å². The Labute approximate surface area is 224 Å². The third-order valence-corrected chi connectivity index (χ3v) is 9.09. The third kappa shape index (κ3) is 4.25. The predicted octanol–water partition coefficient (Wildman–Crippen LogP) is 2.23. The summed E-state index contributed by atoms with van der Waals surface area (Å²) in [5, 5.41) is 18.2. The van der Waals surface area contributed by atoms with Crippen molar-refractivity contribution in [3.05, 3.63) is 42.4 Å².